The Labute approximate surface area is 816 Å². The van der Waals surface area contributed by atoms with Gasteiger partial charge in [0.1, 0.15) is 40.2 Å². The molecular formula is C112H180N8O16. The normalized spacial score (nSPS) is 14.0. The van der Waals surface area contributed by atoms with Gasteiger partial charge in [0.25, 0.3) is 0 Å². The smallest absolute Gasteiger partial charge is 0.208 e. The Morgan fingerprint density at radius 3 is 0.618 bits per heavy atom. The molecule has 0 spiro atoms. The summed E-state index contributed by atoms with van der Waals surface area (Å²) in [6.45, 7) is 106. The van der Waals surface area contributed by atoms with Crippen LogP contribution in [-0.2, 0) is 0 Å². The highest BCUT2D eigenvalue weighted by Gasteiger charge is 2.42. The van der Waals surface area contributed by atoms with Crippen LogP contribution in [0.5, 0.6) is 86.2 Å². The van der Waals surface area contributed by atoms with Gasteiger partial charge in [0.15, 0.2) is 57.6 Å². The average molecular weight is 1890 g/mol. The Morgan fingerprint density at radius 2 is 0.368 bits per heavy atom. The third kappa shape index (κ3) is 31.5. The van der Waals surface area contributed by atoms with E-state index >= 15 is 0 Å². The van der Waals surface area contributed by atoms with Gasteiger partial charge in [-0.15, -0.1) is 4.73 Å². The first-order valence-electron chi connectivity index (χ1n) is 49.3. The summed E-state index contributed by atoms with van der Waals surface area (Å²) >= 11 is 0. The van der Waals surface area contributed by atoms with E-state index in [2.05, 4.69) is 347 Å². The molecule has 0 aliphatic carbocycles. The molecule has 0 fully saturated rings. The van der Waals surface area contributed by atoms with Crippen LogP contribution in [0.3, 0.4) is 0 Å². The van der Waals surface area contributed by atoms with E-state index in [1.165, 1.54) is 0 Å². The second-order valence-corrected chi connectivity index (χ2v) is 57.6. The summed E-state index contributed by atoms with van der Waals surface area (Å²) in [7, 11) is 0. The van der Waals surface area contributed by atoms with Crippen LogP contribution in [0, 0.1) is 86.6 Å². The van der Waals surface area contributed by atoms with Crippen molar-refractivity contribution in [2.24, 2.45) is 107 Å². The van der Waals surface area contributed by atoms with Crippen molar-refractivity contribution in [3.63, 3.8) is 0 Å². The summed E-state index contributed by atoms with van der Waals surface area (Å²) in [4.78, 5) is 44.8. The Morgan fingerprint density at radius 1 is 0.184 bits per heavy atom. The summed E-state index contributed by atoms with van der Waals surface area (Å²) in [6.07, 6.45) is 0. The fourth-order valence-electron chi connectivity index (χ4n) is 13.2. The number of ether oxygens (including phenoxy) is 15. The lowest BCUT2D eigenvalue weighted by Crippen LogP contribution is -2.24. The van der Waals surface area contributed by atoms with Gasteiger partial charge < -0.3 is 90.8 Å². The molecule has 0 unspecified atom stereocenters. The van der Waals surface area contributed by atoms with Crippen molar-refractivity contribution in [1.29, 1.82) is 0 Å². The molecule has 0 saturated carbocycles. The molecule has 0 atom stereocenters. The summed E-state index contributed by atoms with van der Waals surface area (Å²) in [6, 6.07) is 2.00. The lowest BCUT2D eigenvalue weighted by Gasteiger charge is -2.29. The number of rotatable bonds is 32. The first-order valence-corrected chi connectivity index (χ1v) is 49.3. The molecule has 4 aromatic heterocycles. The molecule has 5 heterocycles. The van der Waals surface area contributed by atoms with Crippen molar-refractivity contribution in [2.75, 3.05) is 106 Å². The fourth-order valence-corrected chi connectivity index (χ4v) is 13.2. The zero-order chi connectivity index (χ0) is 103. The van der Waals surface area contributed by atoms with E-state index in [4.69, 9.17) is 95.9 Å². The van der Waals surface area contributed by atoms with Crippen molar-refractivity contribution in [3.05, 3.63) is 28.0 Å². The maximum Gasteiger partial charge on any atom is 0.208 e. The average Bonchev–Trinajstić information content (AvgIpc) is 1.54. The van der Waals surface area contributed by atoms with Gasteiger partial charge in [-0.3, -0.25) is 0 Å². The van der Waals surface area contributed by atoms with Crippen LogP contribution in [0.2, 0.25) is 0 Å². The number of nitrogens with zero attached hydrogens (tertiary/aromatic N) is 5. The summed E-state index contributed by atoms with van der Waals surface area (Å²) in [5, 5.41) is 3.51. The molecule has 24 nitrogen and oxygen atoms in total. The zero-order valence-electron chi connectivity index (χ0n) is 93.7. The standard InChI is InChI=1S/C112H180N8O16/c1-97(2,3)50-121-67-49-66-68(76(123-52-99(7,8)9)75(67)122-51-98(4,5)6)90-113-89(66)114-91-69-70(78(125-54-101(13,14)15)84(131-60-107(31,32)33)83(130-59-106(28,29)30)77(69)124-53-100(10,11)12)92(115-91)116-93-71-72(80(127-56-103(19,20)21)86(133-62-109(37,38)39)85(132-61-108(34,35)36)79(71)126-55-102(16,17)18)94(117-93)119-96-74-73(95(118-90)120(96)136-65-112(46,47)48)81(128-57-104(22,23)24)87(134-63-110(40,41)42)88(135-64-111(43,44)45)82(74)129-58-105(25,26)27/h49H,50-65H2,1-48H3,(H3,113,114,115,116,117,118,119). The molecule has 8 bridgehead atoms. The molecule has 136 heavy (non-hydrogen) atoms. The number of aromatic nitrogens is 4. The molecule has 0 saturated heterocycles. The summed E-state index contributed by atoms with van der Waals surface area (Å²) < 4.78 is 115. The van der Waals surface area contributed by atoms with Crippen LogP contribution < -0.4 is 97.8 Å². The van der Waals surface area contributed by atoms with Crippen molar-refractivity contribution in [2.45, 2.75) is 332 Å². The number of benzene rings is 4. The molecule has 764 valence electrons. The predicted molar refractivity (Wildman–Crippen MR) is 555 cm³/mol. The predicted octanol–water partition coefficient (Wildman–Crippen LogP) is 28.1. The van der Waals surface area contributed by atoms with Gasteiger partial charge in [-0.1, -0.05) is 332 Å². The highest BCUT2D eigenvalue weighted by atomic mass is 16.7. The van der Waals surface area contributed by atoms with Gasteiger partial charge in [0.05, 0.1) is 137 Å². The molecular weight excluding hydrogens is 1710 g/mol. The lowest BCUT2D eigenvalue weighted by atomic mass is 9.97. The molecule has 1 aliphatic rings. The second kappa shape index (κ2) is 39.6. The highest BCUT2D eigenvalue weighted by molar-refractivity contribution is 6.13. The second-order valence-electron chi connectivity index (χ2n) is 57.6. The Hall–Kier alpha value is -8.96. The molecule has 3 N–H and O–H groups in total. The van der Waals surface area contributed by atoms with Crippen LogP contribution in [0.25, 0.3) is 43.1 Å². The van der Waals surface area contributed by atoms with Gasteiger partial charge in [0, 0.05) is 5.39 Å². The number of hydrogen-bond donors (Lipinski definition) is 3. The highest BCUT2D eigenvalue weighted by Crippen LogP contribution is 2.62. The first kappa shape index (κ1) is 111. The number of aromatic amines is 3. The molecule has 8 aromatic rings. The van der Waals surface area contributed by atoms with Crippen molar-refractivity contribution in [3.8, 4) is 86.2 Å². The van der Waals surface area contributed by atoms with E-state index in [0.717, 1.165) is 0 Å². The van der Waals surface area contributed by atoms with E-state index in [9.17, 15) is 0 Å². The zero-order valence-corrected chi connectivity index (χ0v) is 93.7. The first-order chi connectivity index (χ1) is 61.4. The van der Waals surface area contributed by atoms with E-state index in [1.54, 1.807) is 4.73 Å². The van der Waals surface area contributed by atoms with Crippen LogP contribution in [0.4, 0.5) is 23.3 Å². The van der Waals surface area contributed by atoms with Crippen molar-refractivity contribution < 1.29 is 75.9 Å². The maximum absolute atomic E-state index is 7.83. The summed E-state index contributed by atoms with van der Waals surface area (Å²) in [5.74, 6) is 5.62. The molecule has 0 radical (unpaired) electrons. The molecule has 4 aromatic carbocycles. The minimum atomic E-state index is -0.555. The number of fused-ring (bicyclic) bond motifs is 20. The Kier molecular flexibility index (Phi) is 32.2. The van der Waals surface area contributed by atoms with Crippen molar-refractivity contribution in [1.82, 2.24) is 19.7 Å². The van der Waals surface area contributed by atoms with Gasteiger partial charge in [-0.05, 0) is 92.7 Å². The van der Waals surface area contributed by atoms with Crippen LogP contribution >= 0.6 is 0 Å². The minimum absolute atomic E-state index is 0.0835. The van der Waals surface area contributed by atoms with Gasteiger partial charge in [0.2, 0.25) is 40.2 Å². The third-order valence-electron chi connectivity index (χ3n) is 19.4. The molecule has 24 heteroatoms. The molecule has 0 amide bonds. The Balaban J connectivity index is 1.92. The largest absolute Gasteiger partial charge is 0.489 e. The SMILES string of the molecule is CC(C)(C)COc1cc2c3[nH]c(c2c(OCC(C)(C)C)c1OCC(C)(C)C)=Nc1c2c(OCC(C)(C)C)c(OCC(C)(C)C)c(OCC(C)(C)C)c(OCC(C)(C)C)c2c(n1OCC(C)(C)C)N=c1[nH]c(c2c(OCC(C)(C)C)c(OCC(C)(C)C)c(OCC(C)(C)C)c(OCC(C)(C)C)c12)=Nc1[nH]c(c2c(OCC(C)(C)C)c(OCC(C)(C)C)c(OCC(C)(C)C)c(OCC(C)(C)C)c12)N=3. The quantitative estimate of drug-likeness (QED) is 0.0354. The van der Waals surface area contributed by atoms with Crippen LogP contribution in [-0.4, -0.2) is 125 Å². The van der Waals surface area contributed by atoms with Crippen LogP contribution in [0.1, 0.15) is 332 Å². The van der Waals surface area contributed by atoms with Gasteiger partial charge in [-0.2, -0.15) is 0 Å². The topological polar surface area (TPSA) is 249 Å². The van der Waals surface area contributed by atoms with E-state index in [1.807, 2.05) is 6.07 Å². The maximum atomic E-state index is 7.83. The van der Waals surface area contributed by atoms with Crippen LogP contribution in [0.15, 0.2) is 26.0 Å². The fraction of sp³-hybridized carbons (Fsp3) is 0.714. The summed E-state index contributed by atoms with van der Waals surface area (Å²) in [5.41, 5.74) is -6.06. The van der Waals surface area contributed by atoms with Gasteiger partial charge in [-0.25, -0.2) is 20.0 Å². The van der Waals surface area contributed by atoms with E-state index in [0.29, 0.717) is 112 Å². The minimum Gasteiger partial charge on any atom is -0.489 e. The molecule has 1 aliphatic heterocycles. The lowest BCUT2D eigenvalue weighted by molar-refractivity contribution is 0.0614. The number of hydrogen-bond acceptors (Lipinski definition) is 20. The van der Waals surface area contributed by atoms with E-state index in [-0.39, 0.29) is 179 Å². The number of H-pyrrole nitrogens is 3. The van der Waals surface area contributed by atoms with Gasteiger partial charge >= 0.3 is 0 Å². The molecule has 9 rings (SSSR count). The van der Waals surface area contributed by atoms with E-state index < -0.39 is 75.8 Å². The third-order valence-corrected chi connectivity index (χ3v) is 19.4. The monoisotopic (exact) mass is 1890 g/mol. The Bertz CT molecular complexity index is 5800. The number of nitrogens with one attached hydrogen (secondary N) is 3. The van der Waals surface area contributed by atoms with Crippen molar-refractivity contribution >= 4 is 66.4 Å².